The van der Waals surface area contributed by atoms with Crippen molar-refractivity contribution in [3.05, 3.63) is 33.8 Å². The molecular weight excluding hydrogens is 277 g/mol. The number of hydrogen-bond donors (Lipinski definition) is 1. The van der Waals surface area contributed by atoms with E-state index in [1.54, 1.807) is 0 Å². The highest BCUT2D eigenvalue weighted by Crippen LogP contribution is 2.65. The Morgan fingerprint density at radius 1 is 1.16 bits per heavy atom. The SMILES string of the molecule is CC(NC1C2C3CCC(C3)C12)c1cccc(Cl)c1Cl. The van der Waals surface area contributed by atoms with Gasteiger partial charge in [0, 0.05) is 12.1 Å². The van der Waals surface area contributed by atoms with Crippen molar-refractivity contribution in [2.24, 2.45) is 23.7 Å². The fourth-order valence-corrected chi connectivity index (χ4v) is 5.25. The molecule has 0 spiro atoms. The zero-order valence-electron chi connectivity index (χ0n) is 11.1. The quantitative estimate of drug-likeness (QED) is 0.853. The number of hydrogen-bond acceptors (Lipinski definition) is 1. The monoisotopic (exact) mass is 295 g/mol. The Kier molecular flexibility index (Phi) is 2.88. The lowest BCUT2D eigenvalue weighted by Crippen LogP contribution is -2.26. The van der Waals surface area contributed by atoms with Gasteiger partial charge in [-0.15, -0.1) is 0 Å². The van der Waals surface area contributed by atoms with Crippen LogP contribution in [0.4, 0.5) is 0 Å². The standard InChI is InChI=1S/C16H19Cl2N/c1-8(11-3-2-4-12(17)15(11)18)19-16-13-9-5-6-10(7-9)14(13)16/h2-4,8-10,13-14,16,19H,5-7H2,1H3. The molecule has 0 radical (unpaired) electrons. The van der Waals surface area contributed by atoms with E-state index in [4.69, 9.17) is 23.2 Å². The maximum absolute atomic E-state index is 6.31. The minimum Gasteiger partial charge on any atom is -0.307 e. The fourth-order valence-electron chi connectivity index (χ4n) is 4.78. The van der Waals surface area contributed by atoms with Crippen LogP contribution in [0.15, 0.2) is 18.2 Å². The van der Waals surface area contributed by atoms with Gasteiger partial charge in [-0.1, -0.05) is 35.3 Å². The van der Waals surface area contributed by atoms with E-state index in [1.165, 1.54) is 19.3 Å². The molecule has 4 rings (SSSR count). The summed E-state index contributed by atoms with van der Waals surface area (Å²) in [6, 6.07) is 6.95. The molecule has 0 amide bonds. The van der Waals surface area contributed by atoms with Crippen molar-refractivity contribution in [2.75, 3.05) is 0 Å². The molecule has 2 bridgehead atoms. The van der Waals surface area contributed by atoms with Crippen LogP contribution in [0.1, 0.15) is 37.8 Å². The highest BCUT2D eigenvalue weighted by atomic mass is 35.5. The van der Waals surface area contributed by atoms with Gasteiger partial charge in [0.2, 0.25) is 0 Å². The van der Waals surface area contributed by atoms with Gasteiger partial charge in [-0.05, 0) is 61.5 Å². The van der Waals surface area contributed by atoms with E-state index in [0.717, 1.165) is 35.3 Å². The van der Waals surface area contributed by atoms with Crippen molar-refractivity contribution in [1.29, 1.82) is 0 Å². The smallest absolute Gasteiger partial charge is 0.0639 e. The van der Waals surface area contributed by atoms with Crippen LogP contribution in [-0.2, 0) is 0 Å². The number of benzene rings is 1. The lowest BCUT2D eigenvalue weighted by atomic mass is 10.0. The molecule has 1 nitrogen and oxygen atoms in total. The average Bonchev–Trinajstić information content (AvgIpc) is 2.81. The largest absolute Gasteiger partial charge is 0.307 e. The molecule has 0 aliphatic heterocycles. The minimum atomic E-state index is 0.293. The molecule has 3 aliphatic rings. The lowest BCUT2D eigenvalue weighted by molar-refractivity contribution is 0.433. The summed E-state index contributed by atoms with van der Waals surface area (Å²) in [7, 11) is 0. The van der Waals surface area contributed by atoms with Gasteiger partial charge in [-0.3, -0.25) is 0 Å². The fraction of sp³-hybridized carbons (Fsp3) is 0.625. The first-order chi connectivity index (χ1) is 9.16. The molecule has 3 fully saturated rings. The van der Waals surface area contributed by atoms with Crippen LogP contribution in [-0.4, -0.2) is 6.04 Å². The van der Waals surface area contributed by atoms with Gasteiger partial charge in [-0.25, -0.2) is 0 Å². The Bertz CT molecular complexity index is 499. The number of fused-ring (bicyclic) bond motifs is 5. The number of rotatable bonds is 3. The Morgan fingerprint density at radius 2 is 1.84 bits per heavy atom. The summed E-state index contributed by atoms with van der Waals surface area (Å²) in [6.07, 6.45) is 4.44. The minimum absolute atomic E-state index is 0.293. The van der Waals surface area contributed by atoms with Crippen molar-refractivity contribution in [3.8, 4) is 0 Å². The molecule has 102 valence electrons. The van der Waals surface area contributed by atoms with E-state index in [9.17, 15) is 0 Å². The summed E-state index contributed by atoms with van der Waals surface area (Å²) in [4.78, 5) is 0. The summed E-state index contributed by atoms with van der Waals surface area (Å²) < 4.78 is 0. The maximum Gasteiger partial charge on any atom is 0.0639 e. The zero-order chi connectivity index (χ0) is 13.1. The average molecular weight is 296 g/mol. The molecule has 0 aromatic heterocycles. The number of halogens is 2. The summed E-state index contributed by atoms with van der Waals surface area (Å²) >= 11 is 12.4. The zero-order valence-corrected chi connectivity index (χ0v) is 12.6. The lowest BCUT2D eigenvalue weighted by Gasteiger charge is -2.19. The van der Waals surface area contributed by atoms with Gasteiger partial charge in [0.15, 0.2) is 0 Å². The van der Waals surface area contributed by atoms with E-state index < -0.39 is 0 Å². The van der Waals surface area contributed by atoms with Crippen molar-refractivity contribution in [3.63, 3.8) is 0 Å². The van der Waals surface area contributed by atoms with Crippen LogP contribution in [0.3, 0.4) is 0 Å². The molecule has 3 heteroatoms. The third-order valence-corrected chi connectivity index (χ3v) is 6.46. The van der Waals surface area contributed by atoms with E-state index >= 15 is 0 Å². The second kappa shape index (κ2) is 4.38. The van der Waals surface area contributed by atoms with Crippen molar-refractivity contribution in [1.82, 2.24) is 5.32 Å². The van der Waals surface area contributed by atoms with Crippen molar-refractivity contribution < 1.29 is 0 Å². The Labute approximate surface area is 124 Å². The Morgan fingerprint density at radius 3 is 2.53 bits per heavy atom. The van der Waals surface area contributed by atoms with Gasteiger partial charge in [-0.2, -0.15) is 0 Å². The van der Waals surface area contributed by atoms with Gasteiger partial charge >= 0.3 is 0 Å². The molecular formula is C16H19Cl2N. The van der Waals surface area contributed by atoms with Crippen molar-refractivity contribution in [2.45, 2.75) is 38.3 Å². The third-order valence-electron chi connectivity index (χ3n) is 5.63. The van der Waals surface area contributed by atoms with E-state index in [1.807, 2.05) is 12.1 Å². The first-order valence-electron chi connectivity index (χ1n) is 7.37. The van der Waals surface area contributed by atoms with E-state index in [-0.39, 0.29) is 0 Å². The van der Waals surface area contributed by atoms with E-state index in [0.29, 0.717) is 16.1 Å². The predicted octanol–water partition coefficient (Wildman–Crippen LogP) is 4.69. The molecule has 1 N–H and O–H groups in total. The summed E-state index contributed by atoms with van der Waals surface area (Å²) in [5, 5.41) is 5.16. The molecule has 1 aromatic carbocycles. The molecule has 19 heavy (non-hydrogen) atoms. The van der Waals surface area contributed by atoms with Gasteiger partial charge in [0.1, 0.15) is 0 Å². The van der Waals surface area contributed by atoms with Crippen LogP contribution in [0, 0.1) is 23.7 Å². The second-order valence-electron chi connectivity index (χ2n) is 6.55. The van der Waals surface area contributed by atoms with Crippen LogP contribution in [0.25, 0.3) is 0 Å². The van der Waals surface area contributed by atoms with Crippen LogP contribution in [0.5, 0.6) is 0 Å². The molecule has 0 heterocycles. The summed E-state index contributed by atoms with van der Waals surface area (Å²) in [6.45, 7) is 2.20. The topological polar surface area (TPSA) is 12.0 Å². The summed E-state index contributed by atoms with van der Waals surface area (Å²) in [5.41, 5.74) is 1.13. The number of nitrogens with one attached hydrogen (secondary N) is 1. The molecule has 0 saturated heterocycles. The first-order valence-corrected chi connectivity index (χ1v) is 8.12. The molecule has 5 atom stereocenters. The van der Waals surface area contributed by atoms with Gasteiger partial charge in [0.25, 0.3) is 0 Å². The molecule has 3 saturated carbocycles. The van der Waals surface area contributed by atoms with Crippen molar-refractivity contribution >= 4 is 23.2 Å². The third kappa shape index (κ3) is 1.86. The van der Waals surface area contributed by atoms with Crippen LogP contribution < -0.4 is 5.32 Å². The first kappa shape index (κ1) is 12.5. The van der Waals surface area contributed by atoms with Crippen LogP contribution in [0.2, 0.25) is 10.0 Å². The second-order valence-corrected chi connectivity index (χ2v) is 7.33. The van der Waals surface area contributed by atoms with Gasteiger partial charge in [0.05, 0.1) is 10.0 Å². The molecule has 1 aromatic rings. The normalized spacial score (nSPS) is 40.3. The highest BCUT2D eigenvalue weighted by Gasteiger charge is 2.64. The van der Waals surface area contributed by atoms with Crippen LogP contribution >= 0.6 is 23.2 Å². The molecule has 3 aliphatic carbocycles. The predicted molar refractivity (Wildman–Crippen MR) is 79.6 cm³/mol. The molecule has 5 unspecified atom stereocenters. The highest BCUT2D eigenvalue weighted by molar-refractivity contribution is 6.42. The maximum atomic E-state index is 6.31. The summed E-state index contributed by atoms with van der Waals surface area (Å²) in [5.74, 6) is 3.93. The Hall–Kier alpha value is -0.240. The van der Waals surface area contributed by atoms with E-state index in [2.05, 4.69) is 18.3 Å². The van der Waals surface area contributed by atoms with Gasteiger partial charge < -0.3 is 5.32 Å². The Balaban J connectivity index is 1.48.